The summed E-state index contributed by atoms with van der Waals surface area (Å²) >= 11 is 0. The van der Waals surface area contributed by atoms with Gasteiger partial charge in [-0.1, -0.05) is 18.2 Å². The number of nitrogens with one attached hydrogen (secondary N) is 1. The van der Waals surface area contributed by atoms with E-state index in [1.54, 1.807) is 0 Å². The van der Waals surface area contributed by atoms with Gasteiger partial charge in [0.25, 0.3) is 0 Å². The van der Waals surface area contributed by atoms with E-state index in [1.165, 1.54) is 0 Å². The van der Waals surface area contributed by atoms with Crippen LogP contribution in [0.3, 0.4) is 0 Å². The fourth-order valence-electron chi connectivity index (χ4n) is 1.62. The van der Waals surface area contributed by atoms with Crippen molar-refractivity contribution in [2.45, 2.75) is 32.8 Å². The molecule has 0 heterocycles. The van der Waals surface area contributed by atoms with Crippen LogP contribution in [0.1, 0.15) is 26.3 Å². The first-order chi connectivity index (χ1) is 9.42. The normalized spacial score (nSPS) is 11.0. The Kier molecular flexibility index (Phi) is 6.31. The number of ether oxygens (including phenoxy) is 2. The lowest BCUT2D eigenvalue weighted by Crippen LogP contribution is -2.33. The van der Waals surface area contributed by atoms with Crippen LogP contribution in [0.4, 0.5) is 4.79 Å². The summed E-state index contributed by atoms with van der Waals surface area (Å²) in [7, 11) is 0. The van der Waals surface area contributed by atoms with E-state index in [-0.39, 0.29) is 13.2 Å². The predicted octanol–water partition coefficient (Wildman–Crippen LogP) is 2.12. The molecule has 0 atom stereocenters. The van der Waals surface area contributed by atoms with Gasteiger partial charge in [0.1, 0.15) is 18.0 Å². The molecule has 20 heavy (non-hydrogen) atoms. The van der Waals surface area contributed by atoms with Crippen LogP contribution in [0, 0.1) is 0 Å². The lowest BCUT2D eigenvalue weighted by molar-refractivity contribution is 0.0528. The maximum atomic E-state index is 11.5. The average molecular weight is 281 g/mol. The van der Waals surface area contributed by atoms with Crippen molar-refractivity contribution >= 4 is 6.09 Å². The zero-order valence-electron chi connectivity index (χ0n) is 12.3. The fourth-order valence-corrected chi connectivity index (χ4v) is 1.62. The van der Waals surface area contributed by atoms with Gasteiger partial charge in [0.15, 0.2) is 0 Å². The highest BCUT2D eigenvalue weighted by atomic mass is 16.6. The van der Waals surface area contributed by atoms with Gasteiger partial charge in [0.2, 0.25) is 0 Å². The van der Waals surface area contributed by atoms with E-state index in [2.05, 4.69) is 5.32 Å². The number of aliphatic hydroxyl groups excluding tert-OH is 1. The molecule has 0 saturated carbocycles. The standard InChI is InChI=1S/C15H23NO4/c1-15(2,3)20-14(18)16-9-8-12-6-4-5-7-13(12)19-11-10-17/h4-7,17H,8-11H2,1-3H3,(H,16,18). The molecule has 5 heteroatoms. The minimum atomic E-state index is -0.494. The van der Waals surface area contributed by atoms with Crippen LogP contribution >= 0.6 is 0 Å². The van der Waals surface area contributed by atoms with Crippen LogP contribution in [0.5, 0.6) is 5.75 Å². The van der Waals surface area contributed by atoms with Gasteiger partial charge in [-0.2, -0.15) is 0 Å². The number of aliphatic hydroxyl groups is 1. The van der Waals surface area contributed by atoms with Crippen molar-refractivity contribution in [2.24, 2.45) is 0 Å². The van der Waals surface area contributed by atoms with Gasteiger partial charge in [0, 0.05) is 6.54 Å². The highest BCUT2D eigenvalue weighted by molar-refractivity contribution is 5.67. The number of amides is 1. The lowest BCUT2D eigenvalue weighted by atomic mass is 10.1. The molecule has 0 aromatic heterocycles. The Labute approximate surface area is 119 Å². The molecule has 0 aliphatic carbocycles. The van der Waals surface area contributed by atoms with Crippen molar-refractivity contribution in [3.05, 3.63) is 29.8 Å². The second kappa shape index (κ2) is 7.75. The van der Waals surface area contributed by atoms with Crippen molar-refractivity contribution in [1.82, 2.24) is 5.32 Å². The molecule has 1 aromatic carbocycles. The Morgan fingerprint density at radius 2 is 2.00 bits per heavy atom. The SMILES string of the molecule is CC(C)(C)OC(=O)NCCc1ccccc1OCCO. The average Bonchev–Trinajstić information content (AvgIpc) is 2.35. The Morgan fingerprint density at radius 1 is 1.30 bits per heavy atom. The summed E-state index contributed by atoms with van der Waals surface area (Å²) in [6.07, 6.45) is 0.215. The zero-order valence-corrected chi connectivity index (χ0v) is 12.3. The summed E-state index contributed by atoms with van der Waals surface area (Å²) in [5.41, 5.74) is 0.490. The monoisotopic (exact) mass is 281 g/mol. The summed E-state index contributed by atoms with van der Waals surface area (Å²) < 4.78 is 10.6. The number of benzene rings is 1. The van der Waals surface area contributed by atoms with Crippen molar-refractivity contribution in [1.29, 1.82) is 0 Å². The van der Waals surface area contributed by atoms with Gasteiger partial charge in [-0.25, -0.2) is 4.79 Å². The molecule has 0 saturated heterocycles. The zero-order chi connectivity index (χ0) is 15.0. The highest BCUT2D eigenvalue weighted by Gasteiger charge is 2.15. The Balaban J connectivity index is 2.43. The van der Waals surface area contributed by atoms with Crippen LogP contribution in [0.25, 0.3) is 0 Å². The van der Waals surface area contributed by atoms with Gasteiger partial charge >= 0.3 is 6.09 Å². The van der Waals surface area contributed by atoms with E-state index in [1.807, 2.05) is 45.0 Å². The highest BCUT2D eigenvalue weighted by Crippen LogP contribution is 2.18. The van der Waals surface area contributed by atoms with E-state index < -0.39 is 11.7 Å². The molecular formula is C15H23NO4. The molecule has 0 aliphatic rings. The molecule has 0 radical (unpaired) electrons. The maximum absolute atomic E-state index is 11.5. The third-order valence-corrected chi connectivity index (χ3v) is 2.38. The van der Waals surface area contributed by atoms with Crippen LogP contribution < -0.4 is 10.1 Å². The van der Waals surface area contributed by atoms with Crippen molar-refractivity contribution in [3.63, 3.8) is 0 Å². The first kappa shape index (κ1) is 16.3. The fraction of sp³-hybridized carbons (Fsp3) is 0.533. The van der Waals surface area contributed by atoms with E-state index in [0.717, 1.165) is 11.3 Å². The first-order valence-electron chi connectivity index (χ1n) is 6.71. The molecule has 5 nitrogen and oxygen atoms in total. The smallest absolute Gasteiger partial charge is 0.407 e. The number of carbonyl (C=O) groups is 1. The Hall–Kier alpha value is -1.75. The number of hydrogen-bond acceptors (Lipinski definition) is 4. The van der Waals surface area contributed by atoms with E-state index in [4.69, 9.17) is 14.6 Å². The Bertz CT molecular complexity index is 426. The quantitative estimate of drug-likeness (QED) is 0.838. The minimum Gasteiger partial charge on any atom is -0.491 e. The third kappa shape index (κ3) is 6.43. The molecular weight excluding hydrogens is 258 g/mol. The van der Waals surface area contributed by atoms with E-state index >= 15 is 0 Å². The van der Waals surface area contributed by atoms with Crippen LogP contribution in [0.2, 0.25) is 0 Å². The predicted molar refractivity (Wildman–Crippen MR) is 77.0 cm³/mol. The van der Waals surface area contributed by atoms with Gasteiger partial charge < -0.3 is 19.9 Å². The van der Waals surface area contributed by atoms with Gasteiger partial charge in [-0.05, 0) is 38.8 Å². The molecule has 0 spiro atoms. The van der Waals surface area contributed by atoms with Crippen molar-refractivity contribution in [2.75, 3.05) is 19.8 Å². The maximum Gasteiger partial charge on any atom is 0.407 e. The molecule has 0 fully saturated rings. The van der Waals surface area contributed by atoms with Crippen molar-refractivity contribution in [3.8, 4) is 5.75 Å². The summed E-state index contributed by atoms with van der Waals surface area (Å²) in [6, 6.07) is 7.56. The van der Waals surface area contributed by atoms with Gasteiger partial charge in [0.05, 0.1) is 6.61 Å². The Morgan fingerprint density at radius 3 is 2.65 bits per heavy atom. The van der Waals surface area contributed by atoms with Crippen LogP contribution in [-0.2, 0) is 11.2 Å². The van der Waals surface area contributed by atoms with E-state index in [0.29, 0.717) is 13.0 Å². The summed E-state index contributed by atoms with van der Waals surface area (Å²) in [6.45, 7) is 6.18. The number of alkyl carbamates (subject to hydrolysis) is 1. The van der Waals surface area contributed by atoms with Crippen molar-refractivity contribution < 1.29 is 19.4 Å². The first-order valence-corrected chi connectivity index (χ1v) is 6.71. The van der Waals surface area contributed by atoms with E-state index in [9.17, 15) is 4.79 Å². The second-order valence-electron chi connectivity index (χ2n) is 5.36. The summed E-state index contributed by atoms with van der Waals surface area (Å²) in [5.74, 6) is 0.729. The number of hydrogen-bond donors (Lipinski definition) is 2. The molecule has 1 rings (SSSR count). The largest absolute Gasteiger partial charge is 0.491 e. The molecule has 1 amide bonds. The molecule has 0 aliphatic heterocycles. The second-order valence-corrected chi connectivity index (χ2v) is 5.36. The molecule has 0 bridgehead atoms. The minimum absolute atomic E-state index is 0.0233. The summed E-state index contributed by atoms with van der Waals surface area (Å²) in [4.78, 5) is 11.5. The molecule has 1 aromatic rings. The number of carbonyl (C=O) groups excluding carboxylic acids is 1. The molecule has 112 valence electrons. The number of rotatable bonds is 6. The third-order valence-electron chi connectivity index (χ3n) is 2.38. The van der Waals surface area contributed by atoms with Gasteiger partial charge in [-0.3, -0.25) is 0 Å². The van der Waals surface area contributed by atoms with Crippen LogP contribution in [0.15, 0.2) is 24.3 Å². The van der Waals surface area contributed by atoms with Gasteiger partial charge in [-0.15, -0.1) is 0 Å². The molecule has 2 N–H and O–H groups in total. The van der Waals surface area contributed by atoms with Crippen LogP contribution in [-0.4, -0.2) is 36.6 Å². The molecule has 0 unspecified atom stereocenters. The summed E-state index contributed by atoms with van der Waals surface area (Å²) in [5, 5.41) is 11.5. The topological polar surface area (TPSA) is 67.8 Å². The number of para-hydroxylation sites is 1. The lowest BCUT2D eigenvalue weighted by Gasteiger charge is -2.19.